The van der Waals surface area contributed by atoms with E-state index >= 15 is 0 Å². The van der Waals surface area contributed by atoms with Gasteiger partial charge in [-0.25, -0.2) is 0 Å². The van der Waals surface area contributed by atoms with E-state index in [1.54, 1.807) is 24.5 Å². The molecule has 1 aliphatic rings. The van der Waals surface area contributed by atoms with Gasteiger partial charge in [-0.05, 0) is 29.3 Å². The number of aromatic nitrogens is 1. The molecule has 0 bridgehead atoms. The fourth-order valence-corrected chi connectivity index (χ4v) is 2.18. The number of carbonyl (C=O) groups is 2. The molecular formula is C15H13N3O2. The van der Waals surface area contributed by atoms with Gasteiger partial charge in [0, 0.05) is 30.2 Å². The van der Waals surface area contributed by atoms with Crippen LogP contribution >= 0.6 is 0 Å². The van der Waals surface area contributed by atoms with Crippen LogP contribution in [-0.4, -0.2) is 16.8 Å². The Morgan fingerprint density at radius 2 is 2.05 bits per heavy atom. The molecule has 1 aliphatic heterocycles. The van der Waals surface area contributed by atoms with Crippen molar-refractivity contribution in [2.45, 2.75) is 13.0 Å². The summed E-state index contributed by atoms with van der Waals surface area (Å²) in [5.74, 6) is -0.125. The number of benzene rings is 1. The lowest BCUT2D eigenvalue weighted by Crippen LogP contribution is -2.22. The Kier molecular flexibility index (Phi) is 3.16. The molecule has 0 aliphatic carbocycles. The summed E-state index contributed by atoms with van der Waals surface area (Å²) in [5.41, 5.74) is 3.39. The number of hydrogen-bond donors (Lipinski definition) is 2. The zero-order valence-electron chi connectivity index (χ0n) is 10.7. The highest BCUT2D eigenvalue weighted by atomic mass is 16.2. The van der Waals surface area contributed by atoms with Crippen LogP contribution < -0.4 is 10.6 Å². The van der Waals surface area contributed by atoms with Crippen LogP contribution in [0.4, 0.5) is 5.69 Å². The number of nitrogens with one attached hydrogen (secondary N) is 2. The lowest BCUT2D eigenvalue weighted by atomic mass is 10.1. The normalized spacial score (nSPS) is 12.7. The smallest absolute Gasteiger partial charge is 0.251 e. The van der Waals surface area contributed by atoms with Crippen molar-refractivity contribution in [2.24, 2.45) is 0 Å². The fourth-order valence-electron chi connectivity index (χ4n) is 2.18. The minimum absolute atomic E-state index is 0.0120. The van der Waals surface area contributed by atoms with Crippen molar-refractivity contribution < 1.29 is 9.59 Å². The van der Waals surface area contributed by atoms with Gasteiger partial charge in [0.25, 0.3) is 5.91 Å². The van der Waals surface area contributed by atoms with E-state index in [2.05, 4.69) is 15.6 Å². The number of nitrogens with zero attached hydrogens (tertiary/aromatic N) is 1. The second-order valence-corrected chi connectivity index (χ2v) is 4.64. The highest BCUT2D eigenvalue weighted by molar-refractivity contribution is 5.99. The van der Waals surface area contributed by atoms with E-state index < -0.39 is 0 Å². The van der Waals surface area contributed by atoms with Gasteiger partial charge in [-0.3, -0.25) is 14.6 Å². The first kappa shape index (κ1) is 12.3. The van der Waals surface area contributed by atoms with E-state index in [0.29, 0.717) is 18.5 Å². The van der Waals surface area contributed by atoms with Gasteiger partial charge in [0.1, 0.15) is 0 Å². The summed E-state index contributed by atoms with van der Waals surface area (Å²) in [6.07, 6.45) is 3.57. The van der Waals surface area contributed by atoms with Crippen LogP contribution in [-0.2, 0) is 17.8 Å². The maximum atomic E-state index is 11.9. The highest BCUT2D eigenvalue weighted by Gasteiger charge is 2.17. The molecule has 0 unspecified atom stereocenters. The summed E-state index contributed by atoms with van der Waals surface area (Å²) in [5, 5.41) is 5.63. The Bertz CT molecular complexity index is 668. The standard InChI is InChI=1S/C15H13N3O2/c19-14-8-12-7-10(1-2-13(12)18-14)9-17-15(20)11-3-5-16-6-4-11/h1-7H,8-9H2,(H,17,20)(H,18,19). The van der Waals surface area contributed by atoms with Crippen molar-refractivity contribution in [3.8, 4) is 0 Å². The number of pyridine rings is 1. The van der Waals surface area contributed by atoms with Crippen LogP contribution in [0, 0.1) is 0 Å². The number of fused-ring (bicyclic) bond motifs is 1. The lowest BCUT2D eigenvalue weighted by Gasteiger charge is -2.07. The number of rotatable bonds is 3. The average Bonchev–Trinajstić information content (AvgIpc) is 2.85. The Hall–Kier alpha value is -2.69. The van der Waals surface area contributed by atoms with E-state index in [1.165, 1.54) is 0 Å². The molecule has 2 aromatic rings. The summed E-state index contributed by atoms with van der Waals surface area (Å²) in [4.78, 5) is 27.0. The quantitative estimate of drug-likeness (QED) is 0.885. The summed E-state index contributed by atoms with van der Waals surface area (Å²) < 4.78 is 0. The first-order valence-electron chi connectivity index (χ1n) is 6.32. The van der Waals surface area contributed by atoms with Crippen molar-refractivity contribution >= 4 is 17.5 Å². The third-order valence-corrected chi connectivity index (χ3v) is 3.19. The van der Waals surface area contributed by atoms with Gasteiger partial charge >= 0.3 is 0 Å². The summed E-state index contributed by atoms with van der Waals surface area (Å²) >= 11 is 0. The van der Waals surface area contributed by atoms with Crippen molar-refractivity contribution in [3.63, 3.8) is 0 Å². The Labute approximate surface area is 116 Å². The van der Waals surface area contributed by atoms with E-state index in [1.807, 2.05) is 18.2 Å². The average molecular weight is 267 g/mol. The van der Waals surface area contributed by atoms with Crippen molar-refractivity contribution in [1.82, 2.24) is 10.3 Å². The Balaban J connectivity index is 1.66. The first-order chi connectivity index (χ1) is 9.72. The topological polar surface area (TPSA) is 71.1 Å². The van der Waals surface area contributed by atoms with Gasteiger partial charge in [0.2, 0.25) is 5.91 Å². The molecule has 0 saturated heterocycles. The van der Waals surface area contributed by atoms with Crippen LogP contribution in [0.3, 0.4) is 0 Å². The molecule has 1 aromatic carbocycles. The number of carbonyl (C=O) groups excluding carboxylic acids is 2. The van der Waals surface area contributed by atoms with Crippen LogP contribution in [0.2, 0.25) is 0 Å². The van der Waals surface area contributed by atoms with Crippen molar-refractivity contribution in [2.75, 3.05) is 5.32 Å². The molecule has 5 nitrogen and oxygen atoms in total. The molecule has 20 heavy (non-hydrogen) atoms. The molecule has 2 N–H and O–H groups in total. The Morgan fingerprint density at radius 3 is 2.85 bits per heavy atom. The largest absolute Gasteiger partial charge is 0.348 e. The number of hydrogen-bond acceptors (Lipinski definition) is 3. The van der Waals surface area contributed by atoms with E-state index in [9.17, 15) is 9.59 Å². The van der Waals surface area contributed by atoms with Gasteiger partial charge in [0.05, 0.1) is 6.42 Å². The molecule has 0 radical (unpaired) electrons. The van der Waals surface area contributed by atoms with Crippen molar-refractivity contribution in [1.29, 1.82) is 0 Å². The third-order valence-electron chi connectivity index (χ3n) is 3.19. The first-order valence-corrected chi connectivity index (χ1v) is 6.32. The zero-order chi connectivity index (χ0) is 13.9. The predicted molar refractivity (Wildman–Crippen MR) is 74.2 cm³/mol. The molecule has 3 rings (SSSR count). The molecule has 0 spiro atoms. The van der Waals surface area contributed by atoms with Gasteiger partial charge in [-0.2, -0.15) is 0 Å². The maximum Gasteiger partial charge on any atom is 0.251 e. The van der Waals surface area contributed by atoms with Crippen molar-refractivity contribution in [3.05, 3.63) is 59.4 Å². The van der Waals surface area contributed by atoms with Crippen LogP contribution in [0.1, 0.15) is 21.5 Å². The zero-order valence-corrected chi connectivity index (χ0v) is 10.7. The lowest BCUT2D eigenvalue weighted by molar-refractivity contribution is -0.115. The van der Waals surface area contributed by atoms with Gasteiger partial charge in [0.15, 0.2) is 0 Å². The summed E-state index contributed by atoms with van der Waals surface area (Å²) in [6, 6.07) is 9.05. The maximum absolute atomic E-state index is 11.9. The second-order valence-electron chi connectivity index (χ2n) is 4.64. The fraction of sp³-hybridized carbons (Fsp3) is 0.133. The van der Waals surface area contributed by atoms with E-state index in [-0.39, 0.29) is 11.8 Å². The van der Waals surface area contributed by atoms with Gasteiger partial charge < -0.3 is 10.6 Å². The minimum Gasteiger partial charge on any atom is -0.348 e. The van der Waals surface area contributed by atoms with E-state index in [0.717, 1.165) is 16.8 Å². The van der Waals surface area contributed by atoms with Crippen LogP contribution in [0.15, 0.2) is 42.7 Å². The van der Waals surface area contributed by atoms with E-state index in [4.69, 9.17) is 0 Å². The third kappa shape index (κ3) is 2.51. The second kappa shape index (κ2) is 5.13. The van der Waals surface area contributed by atoms with Gasteiger partial charge in [-0.1, -0.05) is 12.1 Å². The highest BCUT2D eigenvalue weighted by Crippen LogP contribution is 2.23. The summed E-state index contributed by atoms with van der Waals surface area (Å²) in [6.45, 7) is 0.433. The molecule has 0 saturated carbocycles. The molecule has 100 valence electrons. The molecule has 0 atom stereocenters. The molecular weight excluding hydrogens is 254 g/mol. The monoisotopic (exact) mass is 267 g/mol. The predicted octanol–water partition coefficient (Wildman–Crippen LogP) is 1.51. The molecule has 1 aromatic heterocycles. The number of amides is 2. The number of anilines is 1. The van der Waals surface area contributed by atoms with Gasteiger partial charge in [-0.15, -0.1) is 0 Å². The molecule has 2 amide bonds. The summed E-state index contributed by atoms with van der Waals surface area (Å²) in [7, 11) is 0. The SMILES string of the molecule is O=C1Cc2cc(CNC(=O)c3ccncc3)ccc2N1. The molecule has 2 heterocycles. The molecule has 5 heteroatoms. The molecule has 0 fully saturated rings. The minimum atomic E-state index is -0.137. The Morgan fingerprint density at radius 1 is 1.25 bits per heavy atom. The van der Waals surface area contributed by atoms with Crippen LogP contribution in [0.25, 0.3) is 0 Å². The van der Waals surface area contributed by atoms with Crippen LogP contribution in [0.5, 0.6) is 0 Å².